The number of piperazine rings is 1. The number of nitrogens with one attached hydrogen (secondary N) is 1. The monoisotopic (exact) mass is 448 g/mol. The summed E-state index contributed by atoms with van der Waals surface area (Å²) in [4.78, 5) is 30.0. The Labute approximate surface area is 193 Å². The van der Waals surface area contributed by atoms with Gasteiger partial charge in [-0.2, -0.15) is 15.0 Å². The van der Waals surface area contributed by atoms with Gasteiger partial charge in [0.15, 0.2) is 5.82 Å². The van der Waals surface area contributed by atoms with Gasteiger partial charge in [0, 0.05) is 43.9 Å². The van der Waals surface area contributed by atoms with Gasteiger partial charge in [0.25, 0.3) is 5.91 Å². The largest absolute Gasteiger partial charge is 0.508 e. The van der Waals surface area contributed by atoms with Gasteiger partial charge in [0.1, 0.15) is 5.75 Å². The van der Waals surface area contributed by atoms with Crippen LogP contribution in [0.4, 0.5) is 5.95 Å². The zero-order chi connectivity index (χ0) is 23.2. The quantitative estimate of drug-likeness (QED) is 0.568. The highest BCUT2D eigenvalue weighted by Gasteiger charge is 2.20. The summed E-state index contributed by atoms with van der Waals surface area (Å²) in [5, 5.41) is 12.6. The molecule has 172 valence electrons. The number of ether oxygens (including phenoxy) is 1. The molecule has 1 saturated heterocycles. The maximum atomic E-state index is 12.8. The summed E-state index contributed by atoms with van der Waals surface area (Å²) in [5.74, 6) is 1.16. The summed E-state index contributed by atoms with van der Waals surface area (Å²) >= 11 is 0. The summed E-state index contributed by atoms with van der Waals surface area (Å²) in [6.45, 7) is 3.85. The Morgan fingerprint density at radius 2 is 1.70 bits per heavy atom. The van der Waals surface area contributed by atoms with Crippen LogP contribution in [0.5, 0.6) is 11.8 Å². The molecule has 0 unspecified atom stereocenters. The molecular formula is C24H28N6O3. The predicted octanol–water partition coefficient (Wildman–Crippen LogP) is 2.29. The van der Waals surface area contributed by atoms with Crippen LogP contribution in [0.1, 0.15) is 15.9 Å². The number of phenols is 1. The van der Waals surface area contributed by atoms with Gasteiger partial charge in [-0.15, -0.1) is 0 Å². The number of carbonyl (C=O) groups is 1. The zero-order valence-corrected chi connectivity index (χ0v) is 18.9. The second-order valence-electron chi connectivity index (χ2n) is 7.99. The third-order valence-corrected chi connectivity index (χ3v) is 5.61. The fraction of sp³-hybridized carbons (Fsp3) is 0.333. The number of amides is 1. The third-order valence-electron chi connectivity index (χ3n) is 5.61. The van der Waals surface area contributed by atoms with E-state index in [4.69, 9.17) is 4.74 Å². The molecule has 0 saturated carbocycles. The first-order chi connectivity index (χ1) is 16.0. The lowest BCUT2D eigenvalue weighted by Gasteiger charge is -2.32. The molecule has 0 bridgehead atoms. The molecule has 3 aromatic rings. The van der Waals surface area contributed by atoms with E-state index in [1.165, 1.54) is 7.11 Å². The highest BCUT2D eigenvalue weighted by Crippen LogP contribution is 2.20. The average molecular weight is 449 g/mol. The zero-order valence-electron chi connectivity index (χ0n) is 18.9. The predicted molar refractivity (Wildman–Crippen MR) is 126 cm³/mol. The lowest BCUT2D eigenvalue weighted by molar-refractivity contribution is 0.0664. The summed E-state index contributed by atoms with van der Waals surface area (Å²) in [7, 11) is 3.58. The van der Waals surface area contributed by atoms with Gasteiger partial charge in [-0.05, 0) is 43.3 Å². The van der Waals surface area contributed by atoms with Crippen molar-refractivity contribution < 1.29 is 14.6 Å². The molecule has 9 heteroatoms. The number of methoxy groups -OCH3 is 1. The minimum absolute atomic E-state index is 0.0412. The Balaban J connectivity index is 1.44. The van der Waals surface area contributed by atoms with Crippen molar-refractivity contribution in [2.24, 2.45) is 0 Å². The van der Waals surface area contributed by atoms with Crippen molar-refractivity contribution in [2.45, 2.75) is 6.42 Å². The van der Waals surface area contributed by atoms with E-state index in [9.17, 15) is 9.90 Å². The van der Waals surface area contributed by atoms with Crippen LogP contribution in [-0.2, 0) is 6.42 Å². The Morgan fingerprint density at radius 3 is 2.36 bits per heavy atom. The van der Waals surface area contributed by atoms with Gasteiger partial charge < -0.3 is 25.0 Å². The Hall–Kier alpha value is -3.72. The SMILES string of the molecule is COc1nc(NCCc2ccc(O)cc2)nc(-c2ccc(C(=O)N3CCN(C)CC3)cc2)n1. The molecule has 1 aliphatic rings. The molecule has 33 heavy (non-hydrogen) atoms. The van der Waals surface area contributed by atoms with Crippen LogP contribution in [0.2, 0.25) is 0 Å². The van der Waals surface area contributed by atoms with Crippen LogP contribution in [0.15, 0.2) is 48.5 Å². The van der Waals surface area contributed by atoms with Crippen LogP contribution in [0.25, 0.3) is 11.4 Å². The van der Waals surface area contributed by atoms with Gasteiger partial charge >= 0.3 is 6.01 Å². The molecule has 1 fully saturated rings. The number of carbonyl (C=O) groups excluding carboxylic acids is 1. The minimum Gasteiger partial charge on any atom is -0.508 e. The fourth-order valence-corrected chi connectivity index (χ4v) is 3.59. The molecule has 2 heterocycles. The number of nitrogens with zero attached hydrogens (tertiary/aromatic N) is 5. The highest BCUT2D eigenvalue weighted by atomic mass is 16.5. The summed E-state index contributed by atoms with van der Waals surface area (Å²) in [6, 6.07) is 14.6. The van der Waals surface area contributed by atoms with E-state index in [0.29, 0.717) is 23.9 Å². The van der Waals surface area contributed by atoms with Gasteiger partial charge in [-0.1, -0.05) is 24.3 Å². The number of aromatic nitrogens is 3. The smallest absolute Gasteiger partial charge is 0.321 e. The number of aromatic hydroxyl groups is 1. The molecule has 4 rings (SSSR count). The second-order valence-corrected chi connectivity index (χ2v) is 7.99. The Kier molecular flexibility index (Phi) is 6.99. The van der Waals surface area contributed by atoms with Crippen molar-refractivity contribution in [1.29, 1.82) is 0 Å². The van der Waals surface area contributed by atoms with Gasteiger partial charge in [0.05, 0.1) is 7.11 Å². The first-order valence-corrected chi connectivity index (χ1v) is 10.9. The number of hydrogen-bond acceptors (Lipinski definition) is 8. The van der Waals surface area contributed by atoms with Crippen molar-refractivity contribution in [2.75, 3.05) is 52.2 Å². The maximum Gasteiger partial charge on any atom is 0.321 e. The molecule has 2 N–H and O–H groups in total. The maximum absolute atomic E-state index is 12.8. The topological polar surface area (TPSA) is 104 Å². The fourth-order valence-electron chi connectivity index (χ4n) is 3.59. The molecule has 0 aliphatic carbocycles. The molecule has 0 spiro atoms. The molecule has 1 amide bonds. The normalized spacial score (nSPS) is 14.2. The Morgan fingerprint density at radius 1 is 1.00 bits per heavy atom. The van der Waals surface area contributed by atoms with Crippen LogP contribution in [-0.4, -0.2) is 82.6 Å². The molecule has 0 atom stereocenters. The average Bonchev–Trinajstić information content (AvgIpc) is 2.85. The van der Waals surface area contributed by atoms with Crippen molar-refractivity contribution in [1.82, 2.24) is 24.8 Å². The number of rotatable bonds is 7. The number of benzene rings is 2. The standard InChI is InChI=1S/C24H28N6O3/c1-29-13-15-30(16-14-29)22(32)19-7-5-18(6-8-19)21-26-23(28-24(27-21)33-2)25-12-11-17-3-9-20(31)10-4-17/h3-10,31H,11-16H2,1-2H3,(H,25,26,27,28). The molecule has 2 aromatic carbocycles. The lowest BCUT2D eigenvalue weighted by atomic mass is 10.1. The highest BCUT2D eigenvalue weighted by molar-refractivity contribution is 5.94. The lowest BCUT2D eigenvalue weighted by Crippen LogP contribution is -2.47. The molecule has 1 aromatic heterocycles. The van der Waals surface area contributed by atoms with Crippen LogP contribution in [0.3, 0.4) is 0 Å². The molecule has 1 aliphatic heterocycles. The van der Waals surface area contributed by atoms with Crippen LogP contribution < -0.4 is 10.1 Å². The van der Waals surface area contributed by atoms with E-state index in [0.717, 1.165) is 43.7 Å². The number of anilines is 1. The summed E-state index contributed by atoms with van der Waals surface area (Å²) < 4.78 is 5.25. The van der Waals surface area contributed by atoms with E-state index in [1.54, 1.807) is 12.1 Å². The number of likely N-dealkylation sites (N-methyl/N-ethyl adjacent to an activating group) is 1. The minimum atomic E-state index is 0.0412. The second kappa shape index (κ2) is 10.3. The van der Waals surface area contributed by atoms with Crippen LogP contribution >= 0.6 is 0 Å². The number of phenolic OH excluding ortho intramolecular Hbond substituents is 1. The van der Waals surface area contributed by atoms with E-state index in [1.807, 2.05) is 41.3 Å². The molecular weight excluding hydrogens is 420 g/mol. The van der Waals surface area contributed by atoms with Crippen molar-refractivity contribution in [3.63, 3.8) is 0 Å². The van der Waals surface area contributed by atoms with Gasteiger partial charge in [0.2, 0.25) is 5.95 Å². The van der Waals surface area contributed by atoms with E-state index < -0.39 is 0 Å². The van der Waals surface area contributed by atoms with Gasteiger partial charge in [-0.3, -0.25) is 4.79 Å². The Bertz CT molecular complexity index is 1080. The first kappa shape index (κ1) is 22.5. The third kappa shape index (κ3) is 5.75. The van der Waals surface area contributed by atoms with E-state index >= 15 is 0 Å². The first-order valence-electron chi connectivity index (χ1n) is 10.9. The summed E-state index contributed by atoms with van der Waals surface area (Å²) in [5.41, 5.74) is 2.51. The molecule has 9 nitrogen and oxygen atoms in total. The van der Waals surface area contributed by atoms with Crippen molar-refractivity contribution >= 4 is 11.9 Å². The van der Waals surface area contributed by atoms with Crippen LogP contribution in [0, 0.1) is 0 Å². The van der Waals surface area contributed by atoms with E-state index in [-0.39, 0.29) is 17.7 Å². The molecule has 0 radical (unpaired) electrons. The van der Waals surface area contributed by atoms with E-state index in [2.05, 4.69) is 32.2 Å². The van der Waals surface area contributed by atoms with Crippen molar-refractivity contribution in [3.8, 4) is 23.1 Å². The number of hydrogen-bond donors (Lipinski definition) is 2. The van der Waals surface area contributed by atoms with Gasteiger partial charge in [-0.25, -0.2) is 0 Å². The van der Waals surface area contributed by atoms with Crippen molar-refractivity contribution in [3.05, 3.63) is 59.7 Å². The summed E-state index contributed by atoms with van der Waals surface area (Å²) in [6.07, 6.45) is 0.743.